The molecule has 0 radical (unpaired) electrons. The molecule has 1 unspecified atom stereocenters. The first-order valence-corrected chi connectivity index (χ1v) is 7.75. The van der Waals surface area contributed by atoms with E-state index in [1.54, 1.807) is 12.1 Å². The predicted molar refractivity (Wildman–Crippen MR) is 85.4 cm³/mol. The molecule has 4 N–H and O–H groups in total. The van der Waals surface area contributed by atoms with Gasteiger partial charge in [0, 0.05) is 13.4 Å². The van der Waals surface area contributed by atoms with Gasteiger partial charge in [-0.15, -0.1) is 0 Å². The molecule has 1 atom stereocenters. The Bertz CT molecular complexity index is 570. The lowest BCUT2D eigenvalue weighted by Gasteiger charge is -2.15. The summed E-state index contributed by atoms with van der Waals surface area (Å²) < 4.78 is 1.88. The molecule has 0 saturated heterocycles. The van der Waals surface area contributed by atoms with Gasteiger partial charge in [-0.2, -0.15) is 0 Å². The standard InChI is InChI=1S/C11H9Br3N2O5/c12-4-1-5(13)9(6(14)2-4)16-11(21)15-7(10(19)20)3-8(17)18/h1-2,7H,3H2,(H,17,18)(H,19,20)(H2,15,16,21). The van der Waals surface area contributed by atoms with Gasteiger partial charge in [-0.3, -0.25) is 4.79 Å². The van der Waals surface area contributed by atoms with Crippen LogP contribution < -0.4 is 10.6 Å². The van der Waals surface area contributed by atoms with E-state index in [0.29, 0.717) is 14.6 Å². The minimum absolute atomic E-state index is 0.384. The van der Waals surface area contributed by atoms with Crippen LogP contribution in [-0.4, -0.2) is 34.2 Å². The van der Waals surface area contributed by atoms with E-state index in [4.69, 9.17) is 10.2 Å². The van der Waals surface area contributed by atoms with E-state index in [1.807, 2.05) is 0 Å². The smallest absolute Gasteiger partial charge is 0.326 e. The Morgan fingerprint density at radius 1 is 1.10 bits per heavy atom. The van der Waals surface area contributed by atoms with Gasteiger partial charge in [0.2, 0.25) is 0 Å². The van der Waals surface area contributed by atoms with E-state index in [0.717, 1.165) is 4.47 Å². The van der Waals surface area contributed by atoms with Gasteiger partial charge in [-0.05, 0) is 44.0 Å². The van der Waals surface area contributed by atoms with Crippen molar-refractivity contribution in [3.63, 3.8) is 0 Å². The summed E-state index contributed by atoms with van der Waals surface area (Å²) in [6, 6.07) is 1.03. The number of aliphatic carboxylic acids is 2. The lowest BCUT2D eigenvalue weighted by atomic mass is 10.2. The van der Waals surface area contributed by atoms with Crippen LogP contribution in [0.4, 0.5) is 10.5 Å². The van der Waals surface area contributed by atoms with Crippen molar-refractivity contribution >= 4 is 71.4 Å². The Balaban J connectivity index is 2.82. The predicted octanol–water partition coefficient (Wildman–Crippen LogP) is 3.02. The lowest BCUT2D eigenvalue weighted by Crippen LogP contribution is -2.44. The molecule has 1 rings (SSSR count). The first kappa shape index (κ1) is 17.9. The van der Waals surface area contributed by atoms with Gasteiger partial charge in [0.05, 0.1) is 12.1 Å². The number of carboxylic acid groups (broad SMARTS) is 2. The number of carboxylic acids is 2. The average molecular weight is 489 g/mol. The fourth-order valence-corrected chi connectivity index (χ4v) is 3.80. The molecule has 0 aliphatic heterocycles. The number of carbonyl (C=O) groups excluding carboxylic acids is 1. The minimum Gasteiger partial charge on any atom is -0.481 e. The summed E-state index contributed by atoms with van der Waals surface area (Å²) in [6.45, 7) is 0. The molecule has 7 nitrogen and oxygen atoms in total. The molecular formula is C11H9Br3N2O5. The quantitative estimate of drug-likeness (QED) is 0.508. The maximum atomic E-state index is 11.8. The second kappa shape index (κ2) is 7.76. The highest BCUT2D eigenvalue weighted by Gasteiger charge is 2.23. The number of rotatable bonds is 5. The minimum atomic E-state index is -1.52. The van der Waals surface area contributed by atoms with Crippen LogP contribution in [0.2, 0.25) is 0 Å². The summed E-state index contributed by atoms with van der Waals surface area (Å²) in [4.78, 5) is 33.2. The third-order valence-corrected chi connectivity index (χ3v) is 3.94. The van der Waals surface area contributed by atoms with Gasteiger partial charge in [-0.1, -0.05) is 15.9 Å². The van der Waals surface area contributed by atoms with E-state index < -0.39 is 30.4 Å². The van der Waals surface area contributed by atoms with Gasteiger partial charge < -0.3 is 20.8 Å². The molecule has 0 aliphatic rings. The molecule has 0 bridgehead atoms. The zero-order valence-electron chi connectivity index (χ0n) is 10.2. The fourth-order valence-electron chi connectivity index (χ4n) is 1.34. The van der Waals surface area contributed by atoms with Crippen LogP contribution in [0.25, 0.3) is 0 Å². The summed E-state index contributed by atoms with van der Waals surface area (Å²) in [5.41, 5.74) is 0.384. The Kier molecular flexibility index (Phi) is 6.62. The third-order valence-electron chi connectivity index (χ3n) is 2.23. The largest absolute Gasteiger partial charge is 0.481 e. The highest BCUT2D eigenvalue weighted by Crippen LogP contribution is 2.34. The van der Waals surface area contributed by atoms with Gasteiger partial charge in [0.1, 0.15) is 6.04 Å². The number of benzene rings is 1. The third kappa shape index (κ3) is 5.64. The fraction of sp³-hybridized carbons (Fsp3) is 0.182. The number of hydrogen-bond donors (Lipinski definition) is 4. The summed E-state index contributed by atoms with van der Waals surface area (Å²) >= 11 is 9.77. The van der Waals surface area contributed by atoms with Crippen molar-refractivity contribution in [3.05, 3.63) is 25.6 Å². The first-order chi connectivity index (χ1) is 9.70. The van der Waals surface area contributed by atoms with Gasteiger partial charge in [-0.25, -0.2) is 9.59 Å². The Morgan fingerprint density at radius 2 is 1.62 bits per heavy atom. The van der Waals surface area contributed by atoms with E-state index >= 15 is 0 Å². The highest BCUT2D eigenvalue weighted by atomic mass is 79.9. The number of nitrogens with one attached hydrogen (secondary N) is 2. The monoisotopic (exact) mass is 486 g/mol. The molecule has 0 saturated carbocycles. The number of hydrogen-bond acceptors (Lipinski definition) is 3. The van der Waals surface area contributed by atoms with Crippen molar-refractivity contribution in [2.75, 3.05) is 5.32 Å². The van der Waals surface area contributed by atoms with Crippen molar-refractivity contribution in [3.8, 4) is 0 Å². The summed E-state index contributed by atoms with van der Waals surface area (Å²) in [7, 11) is 0. The Labute approximate surface area is 144 Å². The second-order valence-corrected chi connectivity index (χ2v) is 6.46. The molecule has 2 amide bonds. The lowest BCUT2D eigenvalue weighted by molar-refractivity contribution is -0.145. The van der Waals surface area contributed by atoms with Crippen molar-refractivity contribution in [2.24, 2.45) is 0 Å². The maximum Gasteiger partial charge on any atom is 0.326 e. The molecular weight excluding hydrogens is 480 g/mol. The number of anilines is 1. The molecule has 0 spiro atoms. The van der Waals surface area contributed by atoms with Crippen LogP contribution in [0.5, 0.6) is 0 Å². The second-order valence-electron chi connectivity index (χ2n) is 3.83. The molecule has 0 aliphatic carbocycles. The van der Waals surface area contributed by atoms with Crippen LogP contribution in [0.3, 0.4) is 0 Å². The molecule has 0 aromatic heterocycles. The SMILES string of the molecule is O=C(O)CC(NC(=O)Nc1c(Br)cc(Br)cc1Br)C(=O)O. The highest BCUT2D eigenvalue weighted by molar-refractivity contribution is 9.11. The topological polar surface area (TPSA) is 116 Å². The van der Waals surface area contributed by atoms with E-state index in [2.05, 4.69) is 58.4 Å². The Morgan fingerprint density at radius 3 is 2.05 bits per heavy atom. The zero-order chi connectivity index (χ0) is 16.2. The number of urea groups is 1. The number of halogens is 3. The average Bonchev–Trinajstić information content (AvgIpc) is 2.32. The number of carbonyl (C=O) groups is 3. The van der Waals surface area contributed by atoms with Crippen molar-refractivity contribution in [1.82, 2.24) is 5.32 Å². The summed E-state index contributed by atoms with van der Waals surface area (Å²) in [5, 5.41) is 22.0. The van der Waals surface area contributed by atoms with E-state index in [-0.39, 0.29) is 0 Å². The molecule has 1 aromatic rings. The van der Waals surface area contributed by atoms with Crippen molar-refractivity contribution in [1.29, 1.82) is 0 Å². The molecule has 0 fully saturated rings. The van der Waals surface area contributed by atoms with Gasteiger partial charge >= 0.3 is 18.0 Å². The van der Waals surface area contributed by atoms with Crippen LogP contribution >= 0.6 is 47.8 Å². The van der Waals surface area contributed by atoms with E-state index in [1.165, 1.54) is 0 Å². The normalized spacial score (nSPS) is 11.6. The van der Waals surface area contributed by atoms with Crippen molar-refractivity contribution in [2.45, 2.75) is 12.5 Å². The van der Waals surface area contributed by atoms with Crippen molar-refractivity contribution < 1.29 is 24.6 Å². The molecule has 1 aromatic carbocycles. The van der Waals surface area contributed by atoms with Crippen LogP contribution in [0.1, 0.15) is 6.42 Å². The van der Waals surface area contributed by atoms with Gasteiger partial charge in [0.15, 0.2) is 0 Å². The Hall–Kier alpha value is -1.13. The maximum absolute atomic E-state index is 11.8. The molecule has 114 valence electrons. The molecule has 0 heterocycles. The van der Waals surface area contributed by atoms with Crippen LogP contribution in [0.15, 0.2) is 25.6 Å². The number of amides is 2. The first-order valence-electron chi connectivity index (χ1n) is 5.37. The zero-order valence-corrected chi connectivity index (χ0v) is 15.0. The molecule has 10 heteroatoms. The van der Waals surface area contributed by atoms with Gasteiger partial charge in [0.25, 0.3) is 0 Å². The summed E-state index contributed by atoms with van der Waals surface area (Å²) in [6.07, 6.45) is -0.717. The molecule has 21 heavy (non-hydrogen) atoms. The summed E-state index contributed by atoms with van der Waals surface area (Å²) in [5.74, 6) is -2.75. The van der Waals surface area contributed by atoms with Crippen LogP contribution in [0, 0.1) is 0 Å². The van der Waals surface area contributed by atoms with Crippen LogP contribution in [-0.2, 0) is 9.59 Å². The van der Waals surface area contributed by atoms with E-state index in [9.17, 15) is 14.4 Å².